The van der Waals surface area contributed by atoms with E-state index in [1.807, 2.05) is 6.92 Å². The number of anilines is 1. The predicted molar refractivity (Wildman–Crippen MR) is 84.8 cm³/mol. The van der Waals surface area contributed by atoms with E-state index in [0.717, 1.165) is 5.56 Å². The lowest BCUT2D eigenvalue weighted by molar-refractivity contribution is 0.416. The molecule has 0 heterocycles. The summed E-state index contributed by atoms with van der Waals surface area (Å²) in [6.07, 6.45) is 0. The van der Waals surface area contributed by atoms with E-state index in [4.69, 9.17) is 16.3 Å². The first-order valence-electron chi connectivity index (χ1n) is 6.25. The Morgan fingerprint density at radius 2 is 1.71 bits per heavy atom. The van der Waals surface area contributed by atoms with Gasteiger partial charge in [0.25, 0.3) is 10.0 Å². The van der Waals surface area contributed by atoms with E-state index in [9.17, 15) is 8.42 Å². The number of halogens is 1. The minimum atomic E-state index is -3.66. The number of aryl methyl sites for hydroxylation is 1. The van der Waals surface area contributed by atoms with Crippen LogP contribution in [0.5, 0.6) is 5.75 Å². The Morgan fingerprint density at radius 3 is 2.29 bits per heavy atom. The molecule has 0 saturated heterocycles. The van der Waals surface area contributed by atoms with E-state index in [0.29, 0.717) is 16.5 Å². The van der Waals surface area contributed by atoms with Gasteiger partial charge in [-0.15, -0.1) is 0 Å². The van der Waals surface area contributed by atoms with Gasteiger partial charge in [0.1, 0.15) is 5.75 Å². The van der Waals surface area contributed by atoms with Gasteiger partial charge in [0.05, 0.1) is 17.7 Å². The van der Waals surface area contributed by atoms with Crippen molar-refractivity contribution in [1.82, 2.24) is 0 Å². The van der Waals surface area contributed by atoms with E-state index in [2.05, 4.69) is 0 Å². The minimum absolute atomic E-state index is 0.220. The molecule has 0 amide bonds. The third-order valence-corrected chi connectivity index (χ3v) is 5.18. The fourth-order valence-corrected chi connectivity index (χ4v) is 3.27. The highest BCUT2D eigenvalue weighted by Crippen LogP contribution is 2.33. The lowest BCUT2D eigenvalue weighted by Gasteiger charge is -2.22. The Labute approximate surface area is 130 Å². The molecule has 21 heavy (non-hydrogen) atoms. The highest BCUT2D eigenvalue weighted by Gasteiger charge is 2.23. The number of nitrogens with zero attached hydrogens (tertiary/aromatic N) is 1. The number of rotatable bonds is 4. The van der Waals surface area contributed by atoms with Crippen molar-refractivity contribution < 1.29 is 13.2 Å². The Hall–Kier alpha value is -1.72. The zero-order chi connectivity index (χ0) is 15.6. The van der Waals surface area contributed by atoms with Crippen LogP contribution in [0, 0.1) is 6.92 Å². The number of hydrogen-bond donors (Lipinski definition) is 0. The molecule has 2 aromatic rings. The van der Waals surface area contributed by atoms with Crippen molar-refractivity contribution in [1.29, 1.82) is 0 Å². The Bertz CT molecular complexity index is 742. The summed E-state index contributed by atoms with van der Waals surface area (Å²) in [5.41, 5.74) is 1.39. The van der Waals surface area contributed by atoms with Crippen molar-refractivity contribution >= 4 is 27.3 Å². The summed E-state index contributed by atoms with van der Waals surface area (Å²) in [6, 6.07) is 11.5. The lowest BCUT2D eigenvalue weighted by Crippen LogP contribution is -2.27. The summed E-state index contributed by atoms with van der Waals surface area (Å²) in [4.78, 5) is 0.220. The first kappa shape index (κ1) is 15.7. The summed E-state index contributed by atoms with van der Waals surface area (Å²) in [6.45, 7) is 1.90. The molecular formula is C15H16ClNO3S. The molecule has 2 aromatic carbocycles. The normalized spacial score (nSPS) is 11.2. The van der Waals surface area contributed by atoms with E-state index in [1.165, 1.54) is 18.5 Å². The van der Waals surface area contributed by atoms with Crippen molar-refractivity contribution in [3.8, 4) is 5.75 Å². The molecule has 112 valence electrons. The fourth-order valence-electron chi connectivity index (χ4n) is 1.91. The van der Waals surface area contributed by atoms with Gasteiger partial charge in [-0.2, -0.15) is 0 Å². The second-order valence-corrected chi connectivity index (χ2v) is 7.01. The Balaban J connectivity index is 2.50. The summed E-state index contributed by atoms with van der Waals surface area (Å²) in [7, 11) is -0.703. The average Bonchev–Trinajstić information content (AvgIpc) is 2.46. The number of methoxy groups -OCH3 is 1. The van der Waals surface area contributed by atoms with Crippen LogP contribution in [-0.4, -0.2) is 22.6 Å². The number of benzene rings is 2. The molecule has 0 aromatic heterocycles. The quantitative estimate of drug-likeness (QED) is 0.864. The van der Waals surface area contributed by atoms with Crippen molar-refractivity contribution in [3.63, 3.8) is 0 Å². The Kier molecular flexibility index (Phi) is 4.44. The third kappa shape index (κ3) is 3.14. The van der Waals surface area contributed by atoms with E-state index < -0.39 is 10.0 Å². The van der Waals surface area contributed by atoms with Gasteiger partial charge in [-0.3, -0.25) is 4.31 Å². The molecule has 0 aliphatic rings. The van der Waals surface area contributed by atoms with Crippen LogP contribution >= 0.6 is 11.6 Å². The SMILES string of the molecule is COc1ccc(Cl)cc1N(C)S(=O)(=O)c1ccc(C)cc1. The molecule has 0 saturated carbocycles. The molecule has 0 atom stereocenters. The standard InChI is InChI=1S/C15H16ClNO3S/c1-11-4-7-13(8-5-11)21(18,19)17(2)14-10-12(16)6-9-15(14)20-3/h4-10H,1-3H3. The second kappa shape index (κ2) is 5.95. The second-order valence-electron chi connectivity index (χ2n) is 4.60. The maximum absolute atomic E-state index is 12.7. The third-order valence-electron chi connectivity index (χ3n) is 3.16. The van der Waals surface area contributed by atoms with Crippen LogP contribution in [0.25, 0.3) is 0 Å². The van der Waals surface area contributed by atoms with E-state index in [-0.39, 0.29) is 4.90 Å². The first-order chi connectivity index (χ1) is 9.86. The van der Waals surface area contributed by atoms with Crippen LogP contribution in [-0.2, 0) is 10.0 Å². The molecule has 6 heteroatoms. The molecule has 0 bridgehead atoms. The van der Waals surface area contributed by atoms with Crippen molar-refractivity contribution in [2.45, 2.75) is 11.8 Å². The van der Waals surface area contributed by atoms with E-state index in [1.54, 1.807) is 42.5 Å². The average molecular weight is 326 g/mol. The van der Waals surface area contributed by atoms with Crippen LogP contribution in [0.2, 0.25) is 5.02 Å². The molecular weight excluding hydrogens is 310 g/mol. The number of hydrogen-bond acceptors (Lipinski definition) is 3. The molecule has 0 unspecified atom stereocenters. The van der Waals surface area contributed by atoms with Gasteiger partial charge in [-0.25, -0.2) is 8.42 Å². The van der Waals surface area contributed by atoms with Crippen LogP contribution < -0.4 is 9.04 Å². The lowest BCUT2D eigenvalue weighted by atomic mass is 10.2. The van der Waals surface area contributed by atoms with Crippen LogP contribution in [0.3, 0.4) is 0 Å². The summed E-state index contributed by atoms with van der Waals surface area (Å²) in [5, 5.41) is 0.441. The largest absolute Gasteiger partial charge is 0.495 e. The summed E-state index contributed by atoms with van der Waals surface area (Å²) < 4.78 is 31.7. The minimum Gasteiger partial charge on any atom is -0.495 e. The molecule has 0 radical (unpaired) electrons. The smallest absolute Gasteiger partial charge is 0.264 e. The van der Waals surface area contributed by atoms with Crippen LogP contribution in [0.4, 0.5) is 5.69 Å². The van der Waals surface area contributed by atoms with Gasteiger partial charge in [0.15, 0.2) is 0 Å². The van der Waals surface area contributed by atoms with E-state index >= 15 is 0 Å². The molecule has 0 aliphatic heterocycles. The highest BCUT2D eigenvalue weighted by atomic mass is 35.5. The van der Waals surface area contributed by atoms with Gasteiger partial charge < -0.3 is 4.74 Å². The molecule has 4 nitrogen and oxygen atoms in total. The molecule has 0 N–H and O–H groups in total. The highest BCUT2D eigenvalue weighted by molar-refractivity contribution is 7.92. The maximum atomic E-state index is 12.7. The van der Waals surface area contributed by atoms with Gasteiger partial charge >= 0.3 is 0 Å². The summed E-state index contributed by atoms with van der Waals surface area (Å²) >= 11 is 5.96. The van der Waals surface area contributed by atoms with Gasteiger partial charge in [0.2, 0.25) is 0 Å². The van der Waals surface area contributed by atoms with Gasteiger partial charge in [0, 0.05) is 12.1 Å². The number of sulfonamides is 1. The molecule has 0 fully saturated rings. The zero-order valence-electron chi connectivity index (χ0n) is 12.0. The van der Waals surface area contributed by atoms with Crippen LogP contribution in [0.1, 0.15) is 5.56 Å². The monoisotopic (exact) mass is 325 g/mol. The van der Waals surface area contributed by atoms with Crippen LogP contribution in [0.15, 0.2) is 47.4 Å². The van der Waals surface area contributed by atoms with Crippen molar-refractivity contribution in [2.24, 2.45) is 0 Å². The fraction of sp³-hybridized carbons (Fsp3) is 0.200. The number of ether oxygens (including phenoxy) is 1. The Morgan fingerprint density at radius 1 is 1.10 bits per heavy atom. The van der Waals surface area contributed by atoms with Crippen molar-refractivity contribution in [2.75, 3.05) is 18.5 Å². The topological polar surface area (TPSA) is 46.6 Å². The zero-order valence-corrected chi connectivity index (χ0v) is 13.6. The van der Waals surface area contributed by atoms with Gasteiger partial charge in [-0.1, -0.05) is 29.3 Å². The molecule has 0 spiro atoms. The molecule has 0 aliphatic carbocycles. The van der Waals surface area contributed by atoms with Gasteiger partial charge in [-0.05, 0) is 37.3 Å². The predicted octanol–water partition coefficient (Wildman–Crippen LogP) is 3.48. The maximum Gasteiger partial charge on any atom is 0.264 e. The first-order valence-corrected chi connectivity index (χ1v) is 8.07. The summed E-state index contributed by atoms with van der Waals surface area (Å²) in [5.74, 6) is 0.442. The molecule has 2 rings (SSSR count). The van der Waals surface area contributed by atoms with Crippen molar-refractivity contribution in [3.05, 3.63) is 53.1 Å².